The van der Waals surface area contributed by atoms with E-state index in [4.69, 9.17) is 11.6 Å². The average Bonchev–Trinajstić information content (AvgIpc) is 2.30. The molecule has 1 unspecified atom stereocenters. The molecule has 1 atom stereocenters. The summed E-state index contributed by atoms with van der Waals surface area (Å²) in [5.74, 6) is 1.27. The lowest BCUT2D eigenvalue weighted by molar-refractivity contribution is 0.0968. The maximum Gasteiger partial charge on any atom is 0.167 e. The summed E-state index contributed by atoms with van der Waals surface area (Å²) in [6.45, 7) is 0.908. The van der Waals surface area contributed by atoms with E-state index in [1.54, 1.807) is 6.07 Å². The van der Waals surface area contributed by atoms with Crippen LogP contribution in [0.5, 0.6) is 0 Å². The molecule has 0 aromatic heterocycles. The number of benzene rings is 1. The number of nitrogens with one attached hydrogen (secondary N) is 1. The predicted octanol–water partition coefficient (Wildman–Crippen LogP) is 2.76. The fourth-order valence-corrected chi connectivity index (χ4v) is 2.91. The summed E-state index contributed by atoms with van der Waals surface area (Å²) in [6, 6.07) is 4.32. The van der Waals surface area contributed by atoms with E-state index in [9.17, 15) is 9.18 Å². The zero-order chi connectivity index (χ0) is 12.3. The van der Waals surface area contributed by atoms with Crippen molar-refractivity contribution < 1.29 is 9.18 Å². The van der Waals surface area contributed by atoms with E-state index < -0.39 is 5.82 Å². The summed E-state index contributed by atoms with van der Waals surface area (Å²) in [6.07, 6.45) is 0.339. The number of carbonyl (C=O) groups is 1. The third-order valence-electron chi connectivity index (χ3n) is 2.66. The van der Waals surface area contributed by atoms with E-state index in [2.05, 4.69) is 5.32 Å². The molecule has 0 aliphatic carbocycles. The molecule has 1 saturated heterocycles. The number of hydrogen-bond donors (Lipinski definition) is 1. The van der Waals surface area contributed by atoms with Crippen LogP contribution in [0.2, 0.25) is 5.02 Å². The Hall–Kier alpha value is -0.580. The highest BCUT2D eigenvalue weighted by molar-refractivity contribution is 7.99. The Bertz CT molecular complexity index is 421. The van der Waals surface area contributed by atoms with Crippen LogP contribution in [0, 0.1) is 5.82 Å². The van der Waals surface area contributed by atoms with Gasteiger partial charge in [-0.25, -0.2) is 4.39 Å². The van der Waals surface area contributed by atoms with Crippen molar-refractivity contribution in [2.75, 3.05) is 18.1 Å². The van der Waals surface area contributed by atoms with Gasteiger partial charge in [-0.15, -0.1) is 0 Å². The van der Waals surface area contributed by atoms with Gasteiger partial charge in [0.05, 0.1) is 5.56 Å². The number of halogens is 2. The van der Waals surface area contributed by atoms with Crippen molar-refractivity contribution in [1.82, 2.24) is 5.32 Å². The first kappa shape index (κ1) is 12.9. The van der Waals surface area contributed by atoms with Crippen LogP contribution in [0.4, 0.5) is 4.39 Å². The van der Waals surface area contributed by atoms with Gasteiger partial charge in [-0.3, -0.25) is 4.79 Å². The first-order chi connectivity index (χ1) is 8.16. The third-order valence-corrected chi connectivity index (χ3v) is 4.03. The zero-order valence-electron chi connectivity index (χ0n) is 9.21. The number of carbonyl (C=O) groups excluding carboxylic acids is 1. The monoisotopic (exact) mass is 273 g/mol. The first-order valence-electron chi connectivity index (χ1n) is 5.46. The second-order valence-corrected chi connectivity index (χ2v) is 5.56. The van der Waals surface area contributed by atoms with E-state index in [1.807, 2.05) is 11.8 Å². The van der Waals surface area contributed by atoms with Crippen LogP contribution in [-0.2, 0) is 0 Å². The molecule has 5 heteroatoms. The minimum atomic E-state index is -0.536. The highest BCUT2D eigenvalue weighted by atomic mass is 35.5. The lowest BCUT2D eigenvalue weighted by Gasteiger charge is -2.22. The molecule has 2 rings (SSSR count). The molecule has 1 aliphatic heterocycles. The SMILES string of the molecule is O=C(CC1CSCCN1)c1ccc(Cl)cc1F. The fourth-order valence-electron chi connectivity index (χ4n) is 1.80. The molecule has 0 radical (unpaired) electrons. The highest BCUT2D eigenvalue weighted by Crippen LogP contribution is 2.18. The van der Waals surface area contributed by atoms with Crippen LogP contribution < -0.4 is 5.32 Å². The Morgan fingerprint density at radius 3 is 3.06 bits per heavy atom. The number of rotatable bonds is 3. The topological polar surface area (TPSA) is 29.1 Å². The molecule has 1 aromatic rings. The quantitative estimate of drug-likeness (QED) is 0.859. The summed E-state index contributed by atoms with van der Waals surface area (Å²) < 4.78 is 13.5. The molecule has 0 amide bonds. The smallest absolute Gasteiger partial charge is 0.167 e. The van der Waals surface area contributed by atoms with Gasteiger partial charge in [-0.1, -0.05) is 11.6 Å². The minimum Gasteiger partial charge on any atom is -0.312 e. The average molecular weight is 274 g/mol. The van der Waals surface area contributed by atoms with Gasteiger partial charge in [-0.05, 0) is 18.2 Å². The molecule has 2 nitrogen and oxygen atoms in total. The van der Waals surface area contributed by atoms with E-state index in [0.717, 1.165) is 18.1 Å². The van der Waals surface area contributed by atoms with Crippen molar-refractivity contribution in [3.8, 4) is 0 Å². The number of thioether (sulfide) groups is 1. The van der Waals surface area contributed by atoms with Gasteiger partial charge in [0.2, 0.25) is 0 Å². The standard InChI is InChI=1S/C12H13ClFNOS/c13-8-1-2-10(11(14)5-8)12(16)6-9-7-17-4-3-15-9/h1-2,5,9,15H,3-4,6-7H2. The van der Waals surface area contributed by atoms with Crippen LogP contribution in [0.3, 0.4) is 0 Å². The predicted molar refractivity (Wildman–Crippen MR) is 69.5 cm³/mol. The summed E-state index contributed by atoms with van der Waals surface area (Å²) in [5.41, 5.74) is 0.131. The van der Waals surface area contributed by atoms with E-state index >= 15 is 0 Å². The van der Waals surface area contributed by atoms with Crippen LogP contribution in [0.1, 0.15) is 16.8 Å². The van der Waals surface area contributed by atoms with E-state index in [-0.39, 0.29) is 17.4 Å². The third kappa shape index (κ3) is 3.44. The van der Waals surface area contributed by atoms with Gasteiger partial charge in [0.15, 0.2) is 5.78 Å². The molecular formula is C12H13ClFNOS. The molecule has 1 fully saturated rings. The van der Waals surface area contributed by atoms with Crippen molar-refractivity contribution >= 4 is 29.1 Å². The van der Waals surface area contributed by atoms with Gasteiger partial charge in [0.25, 0.3) is 0 Å². The largest absolute Gasteiger partial charge is 0.312 e. The molecule has 0 bridgehead atoms. The van der Waals surface area contributed by atoms with Crippen LogP contribution in [0.15, 0.2) is 18.2 Å². The highest BCUT2D eigenvalue weighted by Gasteiger charge is 2.19. The first-order valence-corrected chi connectivity index (χ1v) is 6.99. The van der Waals surface area contributed by atoms with Gasteiger partial charge in [0, 0.05) is 35.5 Å². The molecular weight excluding hydrogens is 261 g/mol. The Morgan fingerprint density at radius 2 is 2.41 bits per heavy atom. The Labute approximate surface area is 109 Å². The van der Waals surface area contributed by atoms with Crippen LogP contribution >= 0.6 is 23.4 Å². The van der Waals surface area contributed by atoms with Crippen molar-refractivity contribution in [3.63, 3.8) is 0 Å². The minimum absolute atomic E-state index is 0.131. The molecule has 1 aliphatic rings. The molecule has 17 heavy (non-hydrogen) atoms. The van der Waals surface area contributed by atoms with Crippen LogP contribution in [0.25, 0.3) is 0 Å². The van der Waals surface area contributed by atoms with Gasteiger partial charge in [-0.2, -0.15) is 11.8 Å². The van der Waals surface area contributed by atoms with E-state index in [0.29, 0.717) is 11.4 Å². The number of Topliss-reactive ketones (excluding diaryl/α,β-unsaturated/α-hetero) is 1. The maximum atomic E-state index is 13.5. The van der Waals surface area contributed by atoms with Gasteiger partial charge in [0.1, 0.15) is 5.82 Å². The lowest BCUT2D eigenvalue weighted by atomic mass is 10.0. The fraction of sp³-hybridized carbons (Fsp3) is 0.417. The Kier molecular flexibility index (Phi) is 4.42. The second-order valence-electron chi connectivity index (χ2n) is 3.98. The van der Waals surface area contributed by atoms with Crippen molar-refractivity contribution in [2.24, 2.45) is 0 Å². The van der Waals surface area contributed by atoms with Gasteiger partial charge >= 0.3 is 0 Å². The number of ketones is 1. The lowest BCUT2D eigenvalue weighted by Crippen LogP contribution is -2.38. The molecule has 1 N–H and O–H groups in total. The van der Waals surface area contributed by atoms with Crippen molar-refractivity contribution in [1.29, 1.82) is 0 Å². The molecule has 1 heterocycles. The summed E-state index contributed by atoms with van der Waals surface area (Å²) >= 11 is 7.46. The van der Waals surface area contributed by atoms with E-state index in [1.165, 1.54) is 12.1 Å². The Morgan fingerprint density at radius 1 is 1.59 bits per heavy atom. The summed E-state index contributed by atoms with van der Waals surface area (Å²) in [5, 5.41) is 3.57. The van der Waals surface area contributed by atoms with Crippen molar-refractivity contribution in [3.05, 3.63) is 34.6 Å². The van der Waals surface area contributed by atoms with Crippen LogP contribution in [-0.4, -0.2) is 29.9 Å². The molecule has 1 aromatic carbocycles. The zero-order valence-corrected chi connectivity index (χ0v) is 10.8. The normalized spacial score (nSPS) is 20.2. The summed E-state index contributed by atoms with van der Waals surface area (Å²) in [7, 11) is 0. The number of hydrogen-bond acceptors (Lipinski definition) is 3. The second kappa shape index (κ2) is 5.85. The van der Waals surface area contributed by atoms with Crippen molar-refractivity contribution in [2.45, 2.75) is 12.5 Å². The Balaban J connectivity index is 2.03. The maximum absolute atomic E-state index is 13.5. The molecule has 92 valence electrons. The molecule has 0 saturated carbocycles. The van der Waals surface area contributed by atoms with Gasteiger partial charge < -0.3 is 5.32 Å². The summed E-state index contributed by atoms with van der Waals surface area (Å²) in [4.78, 5) is 11.9. The molecule has 0 spiro atoms.